The maximum atomic E-state index is 12.3. The molecule has 2 N–H and O–H groups in total. The molecule has 2 amide bonds. The third-order valence-corrected chi connectivity index (χ3v) is 4.09. The van der Waals surface area contributed by atoms with E-state index in [9.17, 15) is 9.59 Å². The van der Waals surface area contributed by atoms with Crippen LogP contribution in [0.15, 0.2) is 42.5 Å². The minimum atomic E-state index is -0.696. The van der Waals surface area contributed by atoms with Crippen molar-refractivity contribution >= 4 is 40.7 Å². The fraction of sp³-hybridized carbons (Fsp3) is 0.125. The molecule has 0 bridgehead atoms. The van der Waals surface area contributed by atoms with Crippen LogP contribution in [-0.4, -0.2) is 17.9 Å². The van der Waals surface area contributed by atoms with Gasteiger partial charge in [0.05, 0.1) is 11.3 Å². The zero-order valence-corrected chi connectivity index (χ0v) is 12.9. The number of amides is 2. The highest BCUT2D eigenvalue weighted by Crippen LogP contribution is 2.24. The van der Waals surface area contributed by atoms with Gasteiger partial charge in [-0.15, -0.1) is 0 Å². The van der Waals surface area contributed by atoms with Crippen molar-refractivity contribution in [2.75, 3.05) is 5.32 Å². The summed E-state index contributed by atoms with van der Waals surface area (Å²) in [6.07, 6.45) is 0.318. The van der Waals surface area contributed by atoms with E-state index >= 15 is 0 Å². The van der Waals surface area contributed by atoms with Crippen molar-refractivity contribution in [3.8, 4) is 0 Å². The Hall–Kier alpha value is -2.04. The van der Waals surface area contributed by atoms with Crippen LogP contribution in [0.3, 0.4) is 0 Å². The summed E-state index contributed by atoms with van der Waals surface area (Å²) < 4.78 is 0. The Morgan fingerprint density at radius 2 is 1.82 bits per heavy atom. The van der Waals surface area contributed by atoms with Crippen LogP contribution in [0.5, 0.6) is 0 Å². The van der Waals surface area contributed by atoms with Crippen LogP contribution in [0.25, 0.3) is 0 Å². The first-order valence-corrected chi connectivity index (χ1v) is 7.45. The Labute approximate surface area is 137 Å². The fourth-order valence-corrected chi connectivity index (χ4v) is 2.75. The number of carbonyl (C=O) groups is 2. The lowest BCUT2D eigenvalue weighted by molar-refractivity contribution is -0.117. The molecule has 0 spiro atoms. The molecule has 4 nitrogen and oxygen atoms in total. The van der Waals surface area contributed by atoms with Gasteiger partial charge in [-0.2, -0.15) is 0 Å². The van der Waals surface area contributed by atoms with Gasteiger partial charge < -0.3 is 10.6 Å². The van der Waals surface area contributed by atoms with E-state index in [4.69, 9.17) is 23.2 Å². The van der Waals surface area contributed by atoms with Gasteiger partial charge in [-0.1, -0.05) is 41.4 Å². The summed E-state index contributed by atoms with van der Waals surface area (Å²) in [5.41, 5.74) is 1.60. The van der Waals surface area contributed by atoms with Gasteiger partial charge in [0.1, 0.15) is 6.04 Å². The molecule has 0 fully saturated rings. The van der Waals surface area contributed by atoms with E-state index in [0.717, 1.165) is 5.56 Å². The van der Waals surface area contributed by atoms with Crippen LogP contribution < -0.4 is 10.6 Å². The molecule has 1 heterocycles. The SMILES string of the molecule is O=C1N[C@H](Cc2ccccc2Cl)C(=O)Nc2ccc(Cl)cc21. The number of carbonyl (C=O) groups excluding carboxylic acids is 2. The Morgan fingerprint density at radius 3 is 2.59 bits per heavy atom. The van der Waals surface area contributed by atoms with E-state index in [0.29, 0.717) is 27.7 Å². The smallest absolute Gasteiger partial charge is 0.254 e. The van der Waals surface area contributed by atoms with E-state index < -0.39 is 6.04 Å². The molecule has 0 unspecified atom stereocenters. The molecular weight excluding hydrogens is 323 g/mol. The van der Waals surface area contributed by atoms with Gasteiger partial charge >= 0.3 is 0 Å². The maximum absolute atomic E-state index is 12.3. The molecule has 0 saturated heterocycles. The maximum Gasteiger partial charge on any atom is 0.254 e. The van der Waals surface area contributed by atoms with Crippen molar-refractivity contribution in [3.05, 3.63) is 63.6 Å². The molecule has 22 heavy (non-hydrogen) atoms. The molecule has 0 radical (unpaired) electrons. The zero-order valence-electron chi connectivity index (χ0n) is 11.4. The second-order valence-electron chi connectivity index (χ2n) is 5.00. The third-order valence-electron chi connectivity index (χ3n) is 3.49. The third kappa shape index (κ3) is 2.93. The normalized spacial score (nSPS) is 17.3. The molecular formula is C16H12Cl2N2O2. The Kier molecular flexibility index (Phi) is 4.05. The predicted molar refractivity (Wildman–Crippen MR) is 86.5 cm³/mol. The van der Waals surface area contributed by atoms with Crippen molar-refractivity contribution in [2.45, 2.75) is 12.5 Å². The second-order valence-corrected chi connectivity index (χ2v) is 5.84. The average molecular weight is 335 g/mol. The topological polar surface area (TPSA) is 58.2 Å². The molecule has 1 aliphatic rings. The second kappa shape index (κ2) is 5.99. The monoisotopic (exact) mass is 334 g/mol. The summed E-state index contributed by atoms with van der Waals surface area (Å²) in [7, 11) is 0. The Balaban J connectivity index is 1.89. The molecule has 1 atom stereocenters. The van der Waals surface area contributed by atoms with Crippen molar-refractivity contribution < 1.29 is 9.59 Å². The van der Waals surface area contributed by atoms with E-state index in [-0.39, 0.29) is 11.8 Å². The highest BCUT2D eigenvalue weighted by Gasteiger charge is 2.28. The van der Waals surface area contributed by atoms with Crippen molar-refractivity contribution in [2.24, 2.45) is 0 Å². The van der Waals surface area contributed by atoms with Gasteiger partial charge in [-0.3, -0.25) is 9.59 Å². The van der Waals surface area contributed by atoms with Gasteiger partial charge in [0, 0.05) is 16.5 Å². The lowest BCUT2D eigenvalue weighted by Gasteiger charge is -2.15. The highest BCUT2D eigenvalue weighted by atomic mass is 35.5. The largest absolute Gasteiger partial charge is 0.340 e. The van der Waals surface area contributed by atoms with Crippen LogP contribution in [0.1, 0.15) is 15.9 Å². The molecule has 112 valence electrons. The number of fused-ring (bicyclic) bond motifs is 1. The van der Waals surface area contributed by atoms with Gasteiger partial charge in [-0.25, -0.2) is 0 Å². The summed E-state index contributed by atoms with van der Waals surface area (Å²) >= 11 is 12.0. The van der Waals surface area contributed by atoms with Crippen LogP contribution in [0, 0.1) is 0 Å². The van der Waals surface area contributed by atoms with Crippen LogP contribution >= 0.6 is 23.2 Å². The van der Waals surface area contributed by atoms with E-state index in [1.165, 1.54) is 6.07 Å². The first-order valence-electron chi connectivity index (χ1n) is 6.69. The Morgan fingerprint density at radius 1 is 1.05 bits per heavy atom. The number of anilines is 1. The average Bonchev–Trinajstić information content (AvgIpc) is 2.60. The first-order chi connectivity index (χ1) is 10.5. The molecule has 0 aliphatic carbocycles. The number of hydrogen-bond donors (Lipinski definition) is 2. The van der Waals surface area contributed by atoms with Gasteiger partial charge in [-0.05, 0) is 29.8 Å². The van der Waals surface area contributed by atoms with Crippen molar-refractivity contribution in [1.29, 1.82) is 0 Å². The Bertz CT molecular complexity index is 762. The summed E-state index contributed by atoms with van der Waals surface area (Å²) in [6.45, 7) is 0. The lowest BCUT2D eigenvalue weighted by atomic mass is 10.1. The summed E-state index contributed by atoms with van der Waals surface area (Å²) in [6, 6.07) is 11.3. The highest BCUT2D eigenvalue weighted by molar-refractivity contribution is 6.31. The lowest BCUT2D eigenvalue weighted by Crippen LogP contribution is -2.42. The first kappa shape index (κ1) is 14.9. The standard InChI is InChI=1S/C16H12Cl2N2O2/c17-10-5-6-13-11(8-10)15(21)20-14(16(22)19-13)7-9-3-1-2-4-12(9)18/h1-6,8,14H,7H2,(H,19,22)(H,20,21)/t14-/m1/s1. The van der Waals surface area contributed by atoms with Crippen LogP contribution in [0.2, 0.25) is 10.0 Å². The van der Waals surface area contributed by atoms with E-state index in [1.54, 1.807) is 18.2 Å². The number of nitrogens with one attached hydrogen (secondary N) is 2. The minimum Gasteiger partial charge on any atom is -0.340 e. The molecule has 1 aliphatic heterocycles. The van der Waals surface area contributed by atoms with Gasteiger partial charge in [0.2, 0.25) is 5.91 Å². The van der Waals surface area contributed by atoms with E-state index in [1.807, 2.05) is 18.2 Å². The molecule has 0 saturated carbocycles. The zero-order chi connectivity index (χ0) is 15.7. The number of rotatable bonds is 2. The predicted octanol–water partition coefficient (Wildman–Crippen LogP) is 3.29. The summed E-state index contributed by atoms with van der Waals surface area (Å²) in [5, 5.41) is 6.47. The molecule has 2 aromatic rings. The van der Waals surface area contributed by atoms with Gasteiger partial charge in [0.15, 0.2) is 0 Å². The van der Waals surface area contributed by atoms with Crippen LogP contribution in [0.4, 0.5) is 5.69 Å². The van der Waals surface area contributed by atoms with Crippen LogP contribution in [-0.2, 0) is 11.2 Å². The minimum absolute atomic E-state index is 0.283. The van der Waals surface area contributed by atoms with E-state index in [2.05, 4.69) is 10.6 Å². The number of hydrogen-bond acceptors (Lipinski definition) is 2. The quantitative estimate of drug-likeness (QED) is 0.885. The number of halogens is 2. The molecule has 2 aromatic carbocycles. The summed E-state index contributed by atoms with van der Waals surface area (Å²) in [5.74, 6) is -0.623. The summed E-state index contributed by atoms with van der Waals surface area (Å²) in [4.78, 5) is 24.6. The fourth-order valence-electron chi connectivity index (χ4n) is 2.36. The molecule has 6 heteroatoms. The van der Waals surface area contributed by atoms with Crippen molar-refractivity contribution in [1.82, 2.24) is 5.32 Å². The number of benzene rings is 2. The molecule has 3 rings (SSSR count). The van der Waals surface area contributed by atoms with Gasteiger partial charge in [0.25, 0.3) is 5.91 Å². The van der Waals surface area contributed by atoms with Crippen molar-refractivity contribution in [3.63, 3.8) is 0 Å². The molecule has 0 aromatic heterocycles.